The van der Waals surface area contributed by atoms with E-state index < -0.39 is 34.7 Å². The van der Waals surface area contributed by atoms with Gasteiger partial charge in [-0.05, 0) is 6.07 Å². The lowest BCUT2D eigenvalue weighted by atomic mass is 10.1. The summed E-state index contributed by atoms with van der Waals surface area (Å²) in [6.07, 6.45) is -3.33. The number of anilines is 1. The van der Waals surface area contributed by atoms with E-state index in [-0.39, 0.29) is 30.2 Å². The van der Waals surface area contributed by atoms with Crippen LogP contribution < -0.4 is 15.1 Å². The molecular formula is C17H13F4N3O3. The summed E-state index contributed by atoms with van der Waals surface area (Å²) in [5.41, 5.74) is -3.04. The summed E-state index contributed by atoms with van der Waals surface area (Å²) in [4.78, 5) is 25.4. The molecule has 3 rings (SSSR count). The summed E-state index contributed by atoms with van der Waals surface area (Å²) < 4.78 is 58.9. The highest BCUT2D eigenvalue weighted by atomic mass is 19.4. The average molecular weight is 383 g/mol. The molecule has 0 atom stereocenters. The molecular weight excluding hydrogens is 370 g/mol. The van der Waals surface area contributed by atoms with Crippen molar-refractivity contribution in [3.63, 3.8) is 0 Å². The number of aryl methyl sites for hydroxylation is 1. The van der Waals surface area contributed by atoms with Crippen LogP contribution >= 0.6 is 0 Å². The number of nitrogens with zero attached hydrogens (tertiary/aromatic N) is 3. The van der Waals surface area contributed by atoms with Crippen LogP contribution in [0.2, 0.25) is 0 Å². The highest BCUT2D eigenvalue weighted by Gasteiger charge is 2.35. The zero-order chi connectivity index (χ0) is 19.9. The van der Waals surface area contributed by atoms with Crippen LogP contribution in [0.3, 0.4) is 0 Å². The van der Waals surface area contributed by atoms with Gasteiger partial charge in [-0.2, -0.15) is 18.3 Å². The van der Waals surface area contributed by atoms with Crippen LogP contribution in [0.4, 0.5) is 23.2 Å². The van der Waals surface area contributed by atoms with Crippen molar-refractivity contribution in [1.82, 2.24) is 9.78 Å². The Kier molecular flexibility index (Phi) is 4.50. The third-order valence-electron chi connectivity index (χ3n) is 3.95. The molecule has 0 spiro atoms. The summed E-state index contributed by atoms with van der Waals surface area (Å²) in [7, 11) is 0.999. The second kappa shape index (κ2) is 6.53. The fourth-order valence-electron chi connectivity index (χ4n) is 2.72. The summed E-state index contributed by atoms with van der Waals surface area (Å²) in [5, 5.41) is 3.59. The number of fused-ring (bicyclic) bond motifs is 1. The van der Waals surface area contributed by atoms with Crippen LogP contribution in [0.15, 0.2) is 35.6 Å². The SMILES string of the molecule is C=CCN1C(=O)COc2cc(F)c(-c3nn(C)c(C(F)(F)F)cc3=O)cc21. The fourth-order valence-corrected chi connectivity index (χ4v) is 2.72. The minimum Gasteiger partial charge on any atom is -0.481 e. The second-order valence-corrected chi connectivity index (χ2v) is 5.75. The topological polar surface area (TPSA) is 64.4 Å². The Morgan fingerprint density at radius 2 is 2.00 bits per heavy atom. The molecule has 0 N–H and O–H groups in total. The largest absolute Gasteiger partial charge is 0.481 e. The van der Waals surface area contributed by atoms with Crippen molar-refractivity contribution in [3.8, 4) is 17.0 Å². The van der Waals surface area contributed by atoms with E-state index in [1.54, 1.807) is 0 Å². The van der Waals surface area contributed by atoms with Gasteiger partial charge in [0, 0.05) is 31.3 Å². The zero-order valence-electron chi connectivity index (χ0n) is 14.0. The van der Waals surface area contributed by atoms with Gasteiger partial charge in [-0.1, -0.05) is 6.08 Å². The molecule has 0 saturated heterocycles. The number of hydrogen-bond donors (Lipinski definition) is 0. The zero-order valence-corrected chi connectivity index (χ0v) is 14.0. The van der Waals surface area contributed by atoms with Gasteiger partial charge < -0.3 is 9.64 Å². The number of halogens is 4. The number of hydrogen-bond acceptors (Lipinski definition) is 4. The van der Waals surface area contributed by atoms with Crippen molar-refractivity contribution in [1.29, 1.82) is 0 Å². The Labute approximate surface area is 150 Å². The number of rotatable bonds is 3. The molecule has 2 aromatic rings. The molecule has 1 aliphatic rings. The number of ether oxygens (including phenoxy) is 1. The normalized spacial score (nSPS) is 14.0. The number of carbonyl (C=O) groups excluding carboxylic acids is 1. The second-order valence-electron chi connectivity index (χ2n) is 5.75. The molecule has 1 amide bonds. The van der Waals surface area contributed by atoms with E-state index in [4.69, 9.17) is 4.74 Å². The average Bonchev–Trinajstić information content (AvgIpc) is 2.58. The summed E-state index contributed by atoms with van der Waals surface area (Å²) in [5.74, 6) is -1.25. The molecule has 6 nitrogen and oxygen atoms in total. The Morgan fingerprint density at radius 1 is 1.30 bits per heavy atom. The van der Waals surface area contributed by atoms with Crippen LogP contribution in [0, 0.1) is 5.82 Å². The van der Waals surface area contributed by atoms with Crippen molar-refractivity contribution in [2.75, 3.05) is 18.1 Å². The van der Waals surface area contributed by atoms with Gasteiger partial charge in [-0.15, -0.1) is 6.58 Å². The first-order valence-corrected chi connectivity index (χ1v) is 7.67. The predicted octanol–water partition coefficient (Wildman–Crippen LogP) is 2.52. The lowest BCUT2D eigenvalue weighted by Gasteiger charge is -2.29. The number of alkyl halides is 3. The maximum absolute atomic E-state index is 14.5. The molecule has 0 bridgehead atoms. The van der Waals surface area contributed by atoms with Crippen molar-refractivity contribution >= 4 is 11.6 Å². The van der Waals surface area contributed by atoms with E-state index in [1.165, 1.54) is 11.0 Å². The molecule has 10 heteroatoms. The van der Waals surface area contributed by atoms with Crippen LogP contribution in [0.5, 0.6) is 5.75 Å². The van der Waals surface area contributed by atoms with Crippen LogP contribution in [0.25, 0.3) is 11.3 Å². The van der Waals surface area contributed by atoms with Crippen LogP contribution in [-0.2, 0) is 18.0 Å². The summed E-state index contributed by atoms with van der Waals surface area (Å²) in [6.45, 7) is 3.36. The Bertz CT molecular complexity index is 998. The molecule has 2 heterocycles. The molecule has 0 fully saturated rings. The van der Waals surface area contributed by atoms with Gasteiger partial charge in [-0.3, -0.25) is 14.3 Å². The monoisotopic (exact) mass is 383 g/mol. The lowest BCUT2D eigenvalue weighted by Crippen LogP contribution is -2.39. The third-order valence-corrected chi connectivity index (χ3v) is 3.95. The highest BCUT2D eigenvalue weighted by molar-refractivity contribution is 5.98. The molecule has 0 aliphatic carbocycles. The molecule has 0 unspecified atom stereocenters. The van der Waals surface area contributed by atoms with Gasteiger partial charge in [0.2, 0.25) is 5.43 Å². The van der Waals surface area contributed by atoms with Gasteiger partial charge in [0.1, 0.15) is 23.0 Å². The number of aromatic nitrogens is 2. The quantitative estimate of drug-likeness (QED) is 0.604. The first-order chi connectivity index (χ1) is 12.6. The van der Waals surface area contributed by atoms with E-state index in [9.17, 15) is 27.2 Å². The Balaban J connectivity index is 2.19. The molecule has 1 aromatic carbocycles. The lowest BCUT2D eigenvalue weighted by molar-refractivity contribution is -0.144. The van der Waals surface area contributed by atoms with E-state index >= 15 is 0 Å². The molecule has 27 heavy (non-hydrogen) atoms. The van der Waals surface area contributed by atoms with Crippen molar-refractivity contribution in [2.45, 2.75) is 6.18 Å². The molecule has 0 saturated carbocycles. The fraction of sp³-hybridized carbons (Fsp3) is 0.235. The Hall–Kier alpha value is -3.17. The minimum absolute atomic E-state index is 0.0708. The van der Waals surface area contributed by atoms with Gasteiger partial charge in [-0.25, -0.2) is 4.39 Å². The van der Waals surface area contributed by atoms with E-state index in [2.05, 4.69) is 11.7 Å². The van der Waals surface area contributed by atoms with Crippen molar-refractivity contribution < 1.29 is 27.1 Å². The van der Waals surface area contributed by atoms with Gasteiger partial charge in [0.25, 0.3) is 5.91 Å². The van der Waals surface area contributed by atoms with E-state index in [1.807, 2.05) is 0 Å². The minimum atomic E-state index is -4.78. The molecule has 1 aliphatic heterocycles. The van der Waals surface area contributed by atoms with E-state index in [0.717, 1.165) is 19.2 Å². The van der Waals surface area contributed by atoms with Crippen molar-refractivity contribution in [2.24, 2.45) is 7.05 Å². The maximum Gasteiger partial charge on any atom is 0.433 e. The van der Waals surface area contributed by atoms with Crippen molar-refractivity contribution in [3.05, 3.63) is 52.6 Å². The number of benzene rings is 1. The summed E-state index contributed by atoms with van der Waals surface area (Å²) in [6, 6.07) is 2.47. The van der Waals surface area contributed by atoms with Gasteiger partial charge >= 0.3 is 6.18 Å². The molecule has 0 radical (unpaired) electrons. The van der Waals surface area contributed by atoms with Gasteiger partial charge in [0.15, 0.2) is 6.61 Å². The number of amides is 1. The standard InChI is InChI=1S/C17H13F4N3O3/c1-3-4-24-11-5-9(10(18)6-13(11)27-8-15(24)26)16-12(25)7-14(17(19,20)21)23(2)22-16/h3,5-7H,1,4,8H2,2H3. The molecule has 142 valence electrons. The summed E-state index contributed by atoms with van der Waals surface area (Å²) >= 11 is 0. The number of carbonyl (C=O) groups is 1. The molecule has 1 aromatic heterocycles. The van der Waals surface area contributed by atoms with E-state index in [0.29, 0.717) is 10.7 Å². The first kappa shape index (κ1) is 18.6. The van der Waals surface area contributed by atoms with Crippen LogP contribution in [-0.4, -0.2) is 28.8 Å². The highest BCUT2D eigenvalue weighted by Crippen LogP contribution is 2.37. The predicted molar refractivity (Wildman–Crippen MR) is 87.9 cm³/mol. The first-order valence-electron chi connectivity index (χ1n) is 7.67. The third kappa shape index (κ3) is 3.29. The Morgan fingerprint density at radius 3 is 2.63 bits per heavy atom. The van der Waals surface area contributed by atoms with Crippen LogP contribution in [0.1, 0.15) is 5.69 Å². The smallest absolute Gasteiger partial charge is 0.433 e. The van der Waals surface area contributed by atoms with Gasteiger partial charge in [0.05, 0.1) is 5.69 Å². The maximum atomic E-state index is 14.5.